The summed E-state index contributed by atoms with van der Waals surface area (Å²) in [4.78, 5) is 17.0. The molecule has 0 bridgehead atoms. The van der Waals surface area contributed by atoms with E-state index in [9.17, 15) is 18.0 Å². The van der Waals surface area contributed by atoms with Crippen LogP contribution in [0.4, 0.5) is 18.3 Å². The van der Waals surface area contributed by atoms with Crippen LogP contribution in [0.1, 0.15) is 16.9 Å². The molecule has 0 saturated carbocycles. The smallest absolute Gasteiger partial charge is 0.427 e. The summed E-state index contributed by atoms with van der Waals surface area (Å²) in [5, 5.41) is 2.92. The first-order valence-electron chi connectivity index (χ1n) is 7.58. The third-order valence-corrected chi connectivity index (χ3v) is 4.89. The van der Waals surface area contributed by atoms with Gasteiger partial charge < -0.3 is 15.0 Å². The number of halogens is 3. The number of nitrogens with one attached hydrogen (secondary N) is 1. The van der Waals surface area contributed by atoms with Crippen molar-refractivity contribution in [3.63, 3.8) is 0 Å². The van der Waals surface area contributed by atoms with Crippen LogP contribution < -0.4 is 10.1 Å². The average molecular weight is 371 g/mol. The zero-order valence-corrected chi connectivity index (χ0v) is 14.2. The van der Waals surface area contributed by atoms with Crippen molar-refractivity contribution < 1.29 is 22.7 Å². The molecule has 1 amide bonds. The largest absolute Gasteiger partial charge is 0.497 e. The van der Waals surface area contributed by atoms with E-state index in [0.29, 0.717) is 30.8 Å². The Morgan fingerprint density at radius 2 is 2.08 bits per heavy atom. The number of anilines is 1. The highest BCUT2D eigenvalue weighted by Gasteiger charge is 2.35. The number of thiazole rings is 1. The lowest BCUT2D eigenvalue weighted by Crippen LogP contribution is -2.33. The van der Waals surface area contributed by atoms with E-state index in [0.717, 1.165) is 17.5 Å². The van der Waals surface area contributed by atoms with Gasteiger partial charge in [-0.15, -0.1) is 0 Å². The number of benzene rings is 1. The van der Waals surface area contributed by atoms with E-state index in [1.165, 1.54) is 0 Å². The maximum atomic E-state index is 12.6. The summed E-state index contributed by atoms with van der Waals surface area (Å²) < 4.78 is 42.9. The normalized spacial score (nSPS) is 17.8. The molecule has 1 aromatic carbocycles. The zero-order chi connectivity index (χ0) is 18.0. The minimum Gasteiger partial charge on any atom is -0.497 e. The molecule has 1 fully saturated rings. The minimum absolute atomic E-state index is 0.108. The SMILES string of the molecule is COc1ccc(CN2CCC(Nc3ncc(C(F)(F)F)s3)C2=O)cc1. The average Bonchev–Trinajstić information content (AvgIpc) is 3.18. The quantitative estimate of drug-likeness (QED) is 0.876. The Kier molecular flexibility index (Phi) is 4.85. The summed E-state index contributed by atoms with van der Waals surface area (Å²) in [5.41, 5.74) is 0.961. The first kappa shape index (κ1) is 17.5. The van der Waals surface area contributed by atoms with E-state index in [2.05, 4.69) is 10.3 Å². The number of carbonyl (C=O) groups is 1. The molecular weight excluding hydrogens is 355 g/mol. The molecule has 0 radical (unpaired) electrons. The van der Waals surface area contributed by atoms with Crippen molar-refractivity contribution in [2.45, 2.75) is 25.2 Å². The zero-order valence-electron chi connectivity index (χ0n) is 13.3. The molecule has 1 unspecified atom stereocenters. The van der Waals surface area contributed by atoms with Crippen molar-refractivity contribution in [3.05, 3.63) is 40.9 Å². The second-order valence-electron chi connectivity index (χ2n) is 5.62. The molecule has 1 N–H and O–H groups in total. The molecule has 1 aliphatic heterocycles. The van der Waals surface area contributed by atoms with E-state index in [-0.39, 0.29) is 11.0 Å². The fourth-order valence-corrected chi connectivity index (χ4v) is 3.34. The monoisotopic (exact) mass is 371 g/mol. The predicted molar refractivity (Wildman–Crippen MR) is 87.6 cm³/mol. The van der Waals surface area contributed by atoms with Gasteiger partial charge >= 0.3 is 6.18 Å². The second-order valence-corrected chi connectivity index (χ2v) is 6.65. The lowest BCUT2D eigenvalue weighted by Gasteiger charge is -2.17. The summed E-state index contributed by atoms with van der Waals surface area (Å²) >= 11 is 0.506. The molecule has 134 valence electrons. The van der Waals surface area contributed by atoms with E-state index in [1.807, 2.05) is 24.3 Å². The third kappa shape index (κ3) is 4.04. The van der Waals surface area contributed by atoms with E-state index >= 15 is 0 Å². The Hall–Kier alpha value is -2.29. The van der Waals surface area contributed by atoms with Gasteiger partial charge in [-0.25, -0.2) is 4.98 Å². The molecule has 9 heteroatoms. The van der Waals surface area contributed by atoms with Gasteiger partial charge in [0.05, 0.1) is 13.3 Å². The van der Waals surface area contributed by atoms with Gasteiger partial charge in [-0.2, -0.15) is 13.2 Å². The number of alkyl halides is 3. The molecule has 3 rings (SSSR count). The number of hydrogen-bond donors (Lipinski definition) is 1. The van der Waals surface area contributed by atoms with Gasteiger partial charge in [0.2, 0.25) is 5.91 Å². The fourth-order valence-electron chi connectivity index (χ4n) is 2.60. The van der Waals surface area contributed by atoms with Crippen LogP contribution in [0.25, 0.3) is 0 Å². The maximum absolute atomic E-state index is 12.6. The molecular formula is C16H16F3N3O2S. The van der Waals surface area contributed by atoms with Gasteiger partial charge in [0.15, 0.2) is 5.13 Å². The molecule has 0 spiro atoms. The molecule has 25 heavy (non-hydrogen) atoms. The van der Waals surface area contributed by atoms with Crippen LogP contribution in [-0.2, 0) is 17.5 Å². The molecule has 2 heterocycles. The first-order chi connectivity index (χ1) is 11.9. The summed E-state index contributed by atoms with van der Waals surface area (Å²) in [7, 11) is 1.58. The van der Waals surface area contributed by atoms with Crippen molar-refractivity contribution in [1.82, 2.24) is 9.88 Å². The van der Waals surface area contributed by atoms with E-state index in [4.69, 9.17) is 4.74 Å². The third-order valence-electron chi connectivity index (χ3n) is 3.91. The molecule has 1 aliphatic rings. The Balaban J connectivity index is 1.60. The van der Waals surface area contributed by atoms with Gasteiger partial charge in [0.25, 0.3) is 0 Å². The number of amides is 1. The summed E-state index contributed by atoms with van der Waals surface area (Å²) in [6, 6.07) is 6.84. The number of nitrogens with zero attached hydrogens (tertiary/aromatic N) is 2. The predicted octanol–water partition coefficient (Wildman–Crippen LogP) is 3.38. The topological polar surface area (TPSA) is 54.5 Å². The number of methoxy groups -OCH3 is 1. The Labute approximate surface area is 146 Å². The lowest BCUT2D eigenvalue weighted by molar-refractivity contribution is -0.134. The molecule has 2 aromatic rings. The van der Waals surface area contributed by atoms with Crippen LogP contribution >= 0.6 is 11.3 Å². The van der Waals surface area contributed by atoms with Crippen molar-refractivity contribution in [2.75, 3.05) is 19.0 Å². The van der Waals surface area contributed by atoms with E-state index in [1.54, 1.807) is 12.0 Å². The van der Waals surface area contributed by atoms with Gasteiger partial charge in [0.1, 0.15) is 16.7 Å². The molecule has 0 aliphatic carbocycles. The van der Waals surface area contributed by atoms with Crippen LogP contribution in [0.15, 0.2) is 30.5 Å². The van der Waals surface area contributed by atoms with Crippen LogP contribution in [0.2, 0.25) is 0 Å². The van der Waals surface area contributed by atoms with Crippen LogP contribution in [-0.4, -0.2) is 35.5 Å². The van der Waals surface area contributed by atoms with Crippen molar-refractivity contribution in [1.29, 1.82) is 0 Å². The Morgan fingerprint density at radius 1 is 1.36 bits per heavy atom. The van der Waals surface area contributed by atoms with Gasteiger partial charge in [0, 0.05) is 13.1 Å². The van der Waals surface area contributed by atoms with Gasteiger partial charge in [-0.3, -0.25) is 4.79 Å². The van der Waals surface area contributed by atoms with Crippen LogP contribution in [0.3, 0.4) is 0 Å². The van der Waals surface area contributed by atoms with Gasteiger partial charge in [-0.1, -0.05) is 23.5 Å². The molecule has 1 saturated heterocycles. The highest BCUT2D eigenvalue weighted by Crippen LogP contribution is 2.35. The van der Waals surface area contributed by atoms with Crippen LogP contribution in [0, 0.1) is 0 Å². The molecule has 1 atom stereocenters. The van der Waals surface area contributed by atoms with Crippen molar-refractivity contribution in [2.24, 2.45) is 0 Å². The van der Waals surface area contributed by atoms with Crippen LogP contribution in [0.5, 0.6) is 5.75 Å². The Bertz CT molecular complexity index is 746. The number of rotatable bonds is 5. The molecule has 5 nitrogen and oxygen atoms in total. The van der Waals surface area contributed by atoms with E-state index < -0.39 is 17.1 Å². The molecule has 1 aromatic heterocycles. The fraction of sp³-hybridized carbons (Fsp3) is 0.375. The standard InChI is InChI=1S/C16H16F3N3O2S/c1-24-11-4-2-10(3-5-11)9-22-7-6-12(14(22)23)21-15-20-8-13(25-15)16(17,18)19/h2-5,8,12H,6-7,9H2,1H3,(H,20,21). The number of aromatic nitrogens is 1. The summed E-state index contributed by atoms with van der Waals surface area (Å²) in [6.45, 7) is 0.993. The van der Waals surface area contributed by atoms with Crippen molar-refractivity contribution in [3.8, 4) is 5.75 Å². The van der Waals surface area contributed by atoms with Crippen molar-refractivity contribution >= 4 is 22.4 Å². The maximum Gasteiger partial charge on any atom is 0.427 e. The number of likely N-dealkylation sites (tertiary alicyclic amines) is 1. The number of carbonyl (C=O) groups excluding carboxylic acids is 1. The number of ether oxygens (including phenoxy) is 1. The number of hydrogen-bond acceptors (Lipinski definition) is 5. The minimum atomic E-state index is -4.42. The lowest BCUT2D eigenvalue weighted by atomic mass is 10.2. The highest BCUT2D eigenvalue weighted by molar-refractivity contribution is 7.15. The first-order valence-corrected chi connectivity index (χ1v) is 8.40. The highest BCUT2D eigenvalue weighted by atomic mass is 32.1. The Morgan fingerprint density at radius 3 is 2.68 bits per heavy atom. The summed E-state index contributed by atoms with van der Waals surface area (Å²) in [5.74, 6) is 0.597. The summed E-state index contributed by atoms with van der Waals surface area (Å²) in [6.07, 6.45) is -3.12. The second kappa shape index (κ2) is 6.91. The van der Waals surface area contributed by atoms with Gasteiger partial charge in [-0.05, 0) is 24.1 Å².